The number of thioether (sulfide) groups is 1. The summed E-state index contributed by atoms with van der Waals surface area (Å²) >= 11 is 13.0. The fourth-order valence-corrected chi connectivity index (χ4v) is 5.82. The zero-order chi connectivity index (χ0) is 17.7. The van der Waals surface area contributed by atoms with Crippen molar-refractivity contribution < 1.29 is 22.7 Å². The Bertz CT molecular complexity index is 739. The molecule has 1 aromatic rings. The van der Waals surface area contributed by atoms with Gasteiger partial charge in [0, 0.05) is 10.3 Å². The van der Waals surface area contributed by atoms with Crippen LogP contribution in [0.1, 0.15) is 6.42 Å². The molecule has 1 atom stereocenters. The molecule has 0 spiro atoms. The van der Waals surface area contributed by atoms with Crippen LogP contribution in [0.25, 0.3) is 0 Å². The van der Waals surface area contributed by atoms with Crippen LogP contribution in [0.15, 0.2) is 18.2 Å². The number of carbonyl (C=O) groups excluding carboxylic acids is 2. The first-order valence-corrected chi connectivity index (χ1v) is 10.6. The molecule has 0 aromatic heterocycles. The maximum atomic E-state index is 11.7. The predicted molar refractivity (Wildman–Crippen MR) is 95.6 cm³/mol. The Morgan fingerprint density at radius 1 is 1.33 bits per heavy atom. The van der Waals surface area contributed by atoms with Gasteiger partial charge >= 0.3 is 5.97 Å². The van der Waals surface area contributed by atoms with Crippen LogP contribution in [-0.2, 0) is 24.2 Å². The van der Waals surface area contributed by atoms with E-state index >= 15 is 0 Å². The fraction of sp³-hybridized carbons (Fsp3) is 0.429. The summed E-state index contributed by atoms with van der Waals surface area (Å²) in [5.74, 6) is -0.871. The van der Waals surface area contributed by atoms with E-state index in [9.17, 15) is 18.0 Å². The van der Waals surface area contributed by atoms with E-state index in [1.54, 1.807) is 6.07 Å². The van der Waals surface area contributed by atoms with Crippen LogP contribution in [0.3, 0.4) is 0 Å². The topological polar surface area (TPSA) is 89.5 Å². The smallest absolute Gasteiger partial charge is 0.316 e. The number of rotatable bonds is 6. The second kappa shape index (κ2) is 8.42. The molecule has 0 aliphatic carbocycles. The van der Waals surface area contributed by atoms with Crippen molar-refractivity contribution in [1.82, 2.24) is 0 Å². The summed E-state index contributed by atoms with van der Waals surface area (Å²) in [5, 5.41) is 3.13. The van der Waals surface area contributed by atoms with Crippen LogP contribution in [0.5, 0.6) is 0 Å². The summed E-state index contributed by atoms with van der Waals surface area (Å²) in [6, 6.07) is 4.61. The maximum Gasteiger partial charge on any atom is 0.316 e. The molecule has 1 N–H and O–H groups in total. The molecule has 132 valence electrons. The average molecular weight is 412 g/mol. The molecular weight excluding hydrogens is 397 g/mol. The molecule has 1 saturated heterocycles. The second-order valence-corrected chi connectivity index (χ2v) is 9.53. The zero-order valence-electron chi connectivity index (χ0n) is 12.5. The Morgan fingerprint density at radius 3 is 2.75 bits per heavy atom. The lowest BCUT2D eigenvalue weighted by atomic mass is 10.3. The minimum absolute atomic E-state index is 0.00535. The zero-order valence-corrected chi connectivity index (χ0v) is 15.6. The molecule has 1 amide bonds. The van der Waals surface area contributed by atoms with E-state index in [2.05, 4.69) is 5.32 Å². The number of ether oxygens (including phenoxy) is 1. The third-order valence-electron chi connectivity index (χ3n) is 3.19. The van der Waals surface area contributed by atoms with Gasteiger partial charge in [-0.3, -0.25) is 9.59 Å². The average Bonchev–Trinajstić information content (AvgIpc) is 2.86. The predicted octanol–water partition coefficient (Wildman–Crippen LogP) is 2.40. The van der Waals surface area contributed by atoms with Crippen LogP contribution in [-0.4, -0.2) is 49.4 Å². The monoisotopic (exact) mass is 411 g/mol. The van der Waals surface area contributed by atoms with E-state index in [4.69, 9.17) is 27.9 Å². The number of sulfone groups is 1. The molecule has 1 aliphatic heterocycles. The van der Waals surface area contributed by atoms with Crippen molar-refractivity contribution >= 4 is 62.4 Å². The molecule has 0 bridgehead atoms. The number of nitrogens with one attached hydrogen (secondary N) is 1. The van der Waals surface area contributed by atoms with Gasteiger partial charge in [-0.25, -0.2) is 8.42 Å². The van der Waals surface area contributed by atoms with Gasteiger partial charge in [0.2, 0.25) is 0 Å². The van der Waals surface area contributed by atoms with Crippen molar-refractivity contribution in [3.8, 4) is 0 Å². The standard InChI is InChI=1S/C14H15Cl2NO5S2/c15-9-1-2-11(16)12(5-9)17-13(18)6-22-14(19)7-23-10-3-4-24(20,21)8-10/h1-2,5,10H,3-4,6-8H2,(H,17,18)/t10-/m0/s1. The highest BCUT2D eigenvalue weighted by Gasteiger charge is 2.28. The van der Waals surface area contributed by atoms with E-state index < -0.39 is 28.3 Å². The van der Waals surface area contributed by atoms with Gasteiger partial charge in [0.25, 0.3) is 5.91 Å². The molecule has 0 radical (unpaired) electrons. The Kier molecular flexibility index (Phi) is 6.79. The summed E-state index contributed by atoms with van der Waals surface area (Å²) in [4.78, 5) is 23.4. The lowest BCUT2D eigenvalue weighted by Crippen LogP contribution is -2.22. The van der Waals surface area contributed by atoms with Crippen molar-refractivity contribution in [2.45, 2.75) is 11.7 Å². The van der Waals surface area contributed by atoms with Gasteiger partial charge in [0.05, 0.1) is 28.0 Å². The number of anilines is 1. The lowest BCUT2D eigenvalue weighted by Gasteiger charge is -2.09. The molecule has 2 rings (SSSR count). The maximum absolute atomic E-state index is 11.7. The molecule has 0 saturated carbocycles. The normalized spacial score (nSPS) is 19.0. The fourth-order valence-electron chi connectivity index (χ4n) is 2.05. The SMILES string of the molecule is O=C(COC(=O)CS[C@H]1CCS(=O)(=O)C1)Nc1cc(Cl)ccc1Cl. The van der Waals surface area contributed by atoms with Gasteiger partial charge in [-0.1, -0.05) is 23.2 Å². The van der Waals surface area contributed by atoms with E-state index in [0.29, 0.717) is 22.2 Å². The van der Waals surface area contributed by atoms with Crippen molar-refractivity contribution in [2.75, 3.05) is 29.2 Å². The summed E-state index contributed by atoms with van der Waals surface area (Å²) in [6.07, 6.45) is 0.536. The molecule has 1 fully saturated rings. The molecule has 6 nitrogen and oxygen atoms in total. The summed E-state index contributed by atoms with van der Waals surface area (Å²) in [7, 11) is -2.97. The Morgan fingerprint density at radius 2 is 2.08 bits per heavy atom. The first-order valence-electron chi connectivity index (χ1n) is 6.98. The van der Waals surface area contributed by atoms with E-state index in [-0.39, 0.29) is 22.5 Å². The van der Waals surface area contributed by atoms with E-state index in [0.717, 1.165) is 0 Å². The van der Waals surface area contributed by atoms with Crippen molar-refractivity contribution in [1.29, 1.82) is 0 Å². The molecule has 1 aliphatic rings. The molecule has 0 unspecified atom stereocenters. The molecule has 24 heavy (non-hydrogen) atoms. The van der Waals surface area contributed by atoms with Gasteiger partial charge in [0.1, 0.15) is 0 Å². The van der Waals surface area contributed by atoms with Crippen LogP contribution in [0.2, 0.25) is 10.0 Å². The van der Waals surface area contributed by atoms with Gasteiger partial charge < -0.3 is 10.1 Å². The summed E-state index contributed by atoms with van der Waals surface area (Å²) < 4.78 is 27.5. The number of carbonyl (C=O) groups is 2. The van der Waals surface area contributed by atoms with E-state index in [1.165, 1.54) is 23.9 Å². The molecule has 1 heterocycles. The van der Waals surface area contributed by atoms with E-state index in [1.807, 2.05) is 0 Å². The highest BCUT2D eigenvalue weighted by atomic mass is 35.5. The number of hydrogen-bond acceptors (Lipinski definition) is 6. The van der Waals surface area contributed by atoms with Crippen molar-refractivity contribution in [3.05, 3.63) is 28.2 Å². The Labute approximate surface area is 154 Å². The minimum Gasteiger partial charge on any atom is -0.455 e. The van der Waals surface area contributed by atoms with Crippen LogP contribution < -0.4 is 5.32 Å². The highest BCUT2D eigenvalue weighted by molar-refractivity contribution is 8.02. The molecule has 1 aromatic carbocycles. The summed E-state index contributed by atoms with van der Waals surface area (Å²) in [6.45, 7) is -0.453. The van der Waals surface area contributed by atoms with Crippen molar-refractivity contribution in [3.63, 3.8) is 0 Å². The molecular formula is C14H15Cl2NO5S2. The summed E-state index contributed by atoms with van der Waals surface area (Å²) in [5.41, 5.74) is 0.329. The second-order valence-electron chi connectivity index (χ2n) is 5.17. The first kappa shape index (κ1) is 19.4. The largest absolute Gasteiger partial charge is 0.455 e. The van der Waals surface area contributed by atoms with Crippen molar-refractivity contribution in [2.24, 2.45) is 0 Å². The number of halogens is 2. The van der Waals surface area contributed by atoms with Gasteiger partial charge in [-0.2, -0.15) is 0 Å². The Hall–Kier alpha value is -0.960. The van der Waals surface area contributed by atoms with Crippen LogP contribution in [0, 0.1) is 0 Å². The third-order valence-corrected chi connectivity index (χ3v) is 7.01. The number of hydrogen-bond donors (Lipinski definition) is 1. The Balaban J connectivity index is 1.71. The quantitative estimate of drug-likeness (QED) is 0.722. The lowest BCUT2D eigenvalue weighted by molar-refractivity contribution is -0.144. The van der Waals surface area contributed by atoms with Crippen LogP contribution >= 0.6 is 35.0 Å². The van der Waals surface area contributed by atoms with Gasteiger partial charge in [-0.05, 0) is 24.6 Å². The number of esters is 1. The number of benzene rings is 1. The first-order chi connectivity index (χ1) is 11.2. The highest BCUT2D eigenvalue weighted by Crippen LogP contribution is 2.26. The van der Waals surface area contributed by atoms with Gasteiger partial charge in [-0.15, -0.1) is 11.8 Å². The third kappa shape index (κ3) is 6.16. The van der Waals surface area contributed by atoms with Crippen LogP contribution in [0.4, 0.5) is 5.69 Å². The van der Waals surface area contributed by atoms with Gasteiger partial charge in [0.15, 0.2) is 16.4 Å². The molecule has 10 heteroatoms. The number of amides is 1. The minimum atomic E-state index is -2.97.